The Balaban J connectivity index is 2.13. The Morgan fingerprint density at radius 2 is 1.95 bits per heavy atom. The zero-order chi connectivity index (χ0) is 13.7. The third-order valence-electron chi connectivity index (χ3n) is 2.52. The fraction of sp³-hybridized carbons (Fsp3) is 0.0667. The van der Waals surface area contributed by atoms with Crippen molar-refractivity contribution < 1.29 is 14.6 Å². The van der Waals surface area contributed by atoms with Gasteiger partial charge in [0.25, 0.3) is 0 Å². The molecule has 0 saturated carbocycles. The van der Waals surface area contributed by atoms with Gasteiger partial charge in [-0.25, -0.2) is 4.79 Å². The molecule has 0 aliphatic rings. The summed E-state index contributed by atoms with van der Waals surface area (Å²) in [6.07, 6.45) is 1.65. The van der Waals surface area contributed by atoms with E-state index in [1.54, 1.807) is 48.7 Å². The number of nitrogens with zero attached hydrogens (tertiary/aromatic N) is 1. The predicted octanol–water partition coefficient (Wildman–Crippen LogP) is 2.93. The Kier molecular flexibility index (Phi) is 3.93. The van der Waals surface area contributed by atoms with Crippen LogP contribution in [0.25, 0.3) is 0 Å². The molecule has 2 aromatic rings. The Hall–Kier alpha value is -2.62. The highest BCUT2D eigenvalue weighted by molar-refractivity contribution is 5.90. The maximum absolute atomic E-state index is 11.3. The number of hydrogen-bond donors (Lipinski definition) is 1. The topological polar surface area (TPSA) is 58.9 Å². The molecule has 0 atom stereocenters. The number of phenols is 1. The van der Waals surface area contributed by atoms with E-state index in [0.29, 0.717) is 5.56 Å². The molecule has 0 heterocycles. The monoisotopic (exact) mass is 255 g/mol. The van der Waals surface area contributed by atoms with Gasteiger partial charge in [-0.05, 0) is 42.0 Å². The van der Waals surface area contributed by atoms with Gasteiger partial charge in [-0.2, -0.15) is 0 Å². The van der Waals surface area contributed by atoms with Crippen LogP contribution in [0, 0.1) is 0 Å². The minimum absolute atomic E-state index is 0.199. The molecular weight excluding hydrogens is 242 g/mol. The lowest BCUT2D eigenvalue weighted by atomic mass is 10.2. The number of esters is 1. The average Bonchev–Trinajstić information content (AvgIpc) is 2.45. The largest absolute Gasteiger partial charge is 0.508 e. The van der Waals surface area contributed by atoms with Crippen LogP contribution in [0.2, 0.25) is 0 Å². The van der Waals surface area contributed by atoms with E-state index in [0.717, 1.165) is 11.3 Å². The van der Waals surface area contributed by atoms with Crippen LogP contribution < -0.4 is 0 Å². The lowest BCUT2D eigenvalue weighted by Crippen LogP contribution is -1.99. The van der Waals surface area contributed by atoms with Crippen molar-refractivity contribution in [3.63, 3.8) is 0 Å². The molecule has 0 unspecified atom stereocenters. The second kappa shape index (κ2) is 5.82. The molecule has 0 aromatic heterocycles. The summed E-state index contributed by atoms with van der Waals surface area (Å²) in [5.41, 5.74) is 2.01. The molecule has 1 N–H and O–H groups in total. The van der Waals surface area contributed by atoms with Crippen LogP contribution in [0.4, 0.5) is 5.69 Å². The number of aromatic hydroxyl groups is 1. The van der Waals surface area contributed by atoms with Crippen molar-refractivity contribution in [2.75, 3.05) is 7.11 Å². The first-order valence-corrected chi connectivity index (χ1v) is 5.70. The van der Waals surface area contributed by atoms with Gasteiger partial charge in [0.1, 0.15) is 5.75 Å². The van der Waals surface area contributed by atoms with Gasteiger partial charge in [0.15, 0.2) is 0 Å². The number of hydrogen-bond acceptors (Lipinski definition) is 4. The number of rotatable bonds is 3. The number of carbonyl (C=O) groups is 1. The van der Waals surface area contributed by atoms with Gasteiger partial charge in [-0.1, -0.05) is 12.1 Å². The van der Waals surface area contributed by atoms with Gasteiger partial charge < -0.3 is 9.84 Å². The second-order valence-corrected chi connectivity index (χ2v) is 3.89. The summed E-state index contributed by atoms with van der Waals surface area (Å²) in [6.45, 7) is 0. The van der Waals surface area contributed by atoms with E-state index >= 15 is 0 Å². The summed E-state index contributed by atoms with van der Waals surface area (Å²) in [5.74, 6) is -0.173. The first-order chi connectivity index (χ1) is 9.19. The third kappa shape index (κ3) is 3.42. The minimum Gasteiger partial charge on any atom is -0.508 e. The van der Waals surface area contributed by atoms with E-state index in [2.05, 4.69) is 9.73 Å². The number of methoxy groups -OCH3 is 1. The summed E-state index contributed by atoms with van der Waals surface area (Å²) >= 11 is 0. The van der Waals surface area contributed by atoms with Gasteiger partial charge in [0, 0.05) is 6.21 Å². The zero-order valence-corrected chi connectivity index (χ0v) is 10.4. The normalized spacial score (nSPS) is 10.6. The predicted molar refractivity (Wildman–Crippen MR) is 73.1 cm³/mol. The van der Waals surface area contributed by atoms with E-state index in [-0.39, 0.29) is 11.7 Å². The van der Waals surface area contributed by atoms with E-state index in [9.17, 15) is 9.90 Å². The van der Waals surface area contributed by atoms with Crippen molar-refractivity contribution in [3.05, 3.63) is 59.7 Å². The Morgan fingerprint density at radius 3 is 2.58 bits per heavy atom. The van der Waals surface area contributed by atoms with Crippen molar-refractivity contribution in [1.82, 2.24) is 0 Å². The summed E-state index contributed by atoms with van der Waals surface area (Å²) in [6, 6.07) is 13.6. The minimum atomic E-state index is -0.372. The third-order valence-corrected chi connectivity index (χ3v) is 2.52. The Bertz CT molecular complexity index is 603. The molecule has 96 valence electrons. The molecule has 4 heteroatoms. The lowest BCUT2D eigenvalue weighted by molar-refractivity contribution is 0.0601. The highest BCUT2D eigenvalue weighted by Gasteiger charge is 2.03. The van der Waals surface area contributed by atoms with E-state index in [1.807, 2.05) is 6.07 Å². The number of phenolic OH excluding ortho intramolecular Hbond substituents is 1. The van der Waals surface area contributed by atoms with E-state index in [4.69, 9.17) is 0 Å². The van der Waals surface area contributed by atoms with Gasteiger partial charge in [0.05, 0.1) is 18.4 Å². The molecule has 0 fully saturated rings. The second-order valence-electron chi connectivity index (χ2n) is 3.89. The van der Waals surface area contributed by atoms with Crippen LogP contribution in [0.1, 0.15) is 15.9 Å². The first kappa shape index (κ1) is 12.8. The van der Waals surface area contributed by atoms with E-state index in [1.165, 1.54) is 7.11 Å². The maximum Gasteiger partial charge on any atom is 0.337 e. The quantitative estimate of drug-likeness (QED) is 0.677. The van der Waals surface area contributed by atoms with Crippen molar-refractivity contribution in [1.29, 1.82) is 0 Å². The molecule has 0 radical (unpaired) electrons. The molecule has 0 bridgehead atoms. The summed E-state index contributed by atoms with van der Waals surface area (Å²) in [4.78, 5) is 15.5. The highest BCUT2D eigenvalue weighted by Crippen LogP contribution is 2.15. The van der Waals surface area contributed by atoms with Crippen LogP contribution in [-0.2, 0) is 4.74 Å². The molecule has 0 amide bonds. The lowest BCUT2D eigenvalue weighted by Gasteiger charge is -1.99. The number of ether oxygens (including phenoxy) is 1. The summed E-state index contributed by atoms with van der Waals surface area (Å²) in [7, 11) is 1.34. The fourth-order valence-corrected chi connectivity index (χ4v) is 1.56. The fourth-order valence-electron chi connectivity index (χ4n) is 1.56. The van der Waals surface area contributed by atoms with E-state index < -0.39 is 0 Å². The Labute approximate surface area is 111 Å². The van der Waals surface area contributed by atoms with Gasteiger partial charge in [0.2, 0.25) is 0 Å². The molecular formula is C15H13NO3. The number of carbonyl (C=O) groups excluding carboxylic acids is 1. The van der Waals surface area contributed by atoms with Crippen LogP contribution in [-0.4, -0.2) is 24.4 Å². The standard InChI is InChI=1S/C15H13NO3/c1-19-15(18)12-5-7-13(8-6-12)16-10-11-3-2-4-14(17)9-11/h2-10,17H,1H3. The van der Waals surface area contributed by atoms with Crippen molar-refractivity contribution in [3.8, 4) is 5.75 Å². The molecule has 4 nitrogen and oxygen atoms in total. The molecule has 0 spiro atoms. The number of benzene rings is 2. The van der Waals surface area contributed by atoms with Crippen LogP contribution in [0.3, 0.4) is 0 Å². The molecule has 0 aliphatic carbocycles. The van der Waals surface area contributed by atoms with Gasteiger partial charge in [-0.15, -0.1) is 0 Å². The van der Waals surface area contributed by atoms with Crippen LogP contribution in [0.15, 0.2) is 53.5 Å². The molecule has 19 heavy (non-hydrogen) atoms. The first-order valence-electron chi connectivity index (χ1n) is 5.70. The van der Waals surface area contributed by atoms with Gasteiger partial charge in [-0.3, -0.25) is 4.99 Å². The maximum atomic E-state index is 11.3. The van der Waals surface area contributed by atoms with Crippen LogP contribution >= 0.6 is 0 Å². The van der Waals surface area contributed by atoms with Crippen LogP contribution in [0.5, 0.6) is 5.75 Å². The SMILES string of the molecule is COC(=O)c1ccc(N=Cc2cccc(O)c2)cc1. The Morgan fingerprint density at radius 1 is 1.21 bits per heavy atom. The summed E-state index contributed by atoms with van der Waals surface area (Å²) < 4.78 is 4.61. The van der Waals surface area contributed by atoms with Crippen molar-refractivity contribution in [2.24, 2.45) is 4.99 Å². The van der Waals surface area contributed by atoms with Crippen molar-refractivity contribution in [2.45, 2.75) is 0 Å². The molecule has 2 rings (SSSR count). The molecule has 0 aliphatic heterocycles. The number of aliphatic imine (C=N–C) groups is 1. The highest BCUT2D eigenvalue weighted by atomic mass is 16.5. The zero-order valence-electron chi connectivity index (χ0n) is 10.4. The molecule has 2 aromatic carbocycles. The smallest absolute Gasteiger partial charge is 0.337 e. The molecule has 0 saturated heterocycles. The summed E-state index contributed by atoms with van der Waals surface area (Å²) in [5, 5.41) is 9.32. The average molecular weight is 255 g/mol. The van der Waals surface area contributed by atoms with Gasteiger partial charge >= 0.3 is 5.97 Å². The van der Waals surface area contributed by atoms with Crippen molar-refractivity contribution >= 4 is 17.9 Å².